The van der Waals surface area contributed by atoms with Gasteiger partial charge in [-0.1, -0.05) is 26.0 Å². The van der Waals surface area contributed by atoms with E-state index in [0.717, 1.165) is 13.8 Å². The van der Waals surface area contributed by atoms with Gasteiger partial charge in [-0.15, -0.1) is 0 Å². The van der Waals surface area contributed by atoms with Crippen LogP contribution in [-0.4, -0.2) is 22.3 Å². The molecular weight excluding hydrogens is 297 g/mol. The number of carbonyl (C=O) groups excluding carboxylic acids is 1. The van der Waals surface area contributed by atoms with Gasteiger partial charge in [-0.3, -0.25) is 5.10 Å². The maximum Gasteiger partial charge on any atom is 0.394 e. The molecule has 0 spiro atoms. The first-order chi connectivity index (χ1) is 10.2. The zero-order chi connectivity index (χ0) is 16.4. The lowest BCUT2D eigenvalue weighted by molar-refractivity contribution is -0.211. The predicted molar refractivity (Wildman–Crippen MR) is 73.5 cm³/mol. The van der Waals surface area contributed by atoms with Gasteiger partial charge in [0.1, 0.15) is 11.4 Å². The van der Waals surface area contributed by atoms with E-state index in [4.69, 9.17) is 4.74 Å². The Morgan fingerprint density at radius 3 is 2.32 bits per heavy atom. The fourth-order valence-electron chi connectivity index (χ4n) is 1.82. The van der Waals surface area contributed by atoms with Gasteiger partial charge in [0, 0.05) is 6.20 Å². The molecule has 0 fully saturated rings. The number of halogens is 3. The van der Waals surface area contributed by atoms with Gasteiger partial charge in [0.15, 0.2) is 0 Å². The first-order valence-corrected chi connectivity index (χ1v) is 6.56. The average molecular weight is 312 g/mol. The number of benzene rings is 1. The summed E-state index contributed by atoms with van der Waals surface area (Å²) in [7, 11) is 0. The van der Waals surface area contributed by atoms with Crippen molar-refractivity contribution in [3.8, 4) is 5.75 Å². The van der Waals surface area contributed by atoms with Gasteiger partial charge in [-0.05, 0) is 30.2 Å². The van der Waals surface area contributed by atoms with E-state index < -0.39 is 17.6 Å². The molecule has 22 heavy (non-hydrogen) atoms. The molecule has 0 aliphatic rings. The molecule has 0 aliphatic heterocycles. The van der Waals surface area contributed by atoms with Gasteiger partial charge in [0.2, 0.25) is 0 Å². The summed E-state index contributed by atoms with van der Waals surface area (Å²) >= 11 is 0. The van der Waals surface area contributed by atoms with Crippen LogP contribution in [0.5, 0.6) is 5.75 Å². The molecule has 0 aliphatic carbocycles. The van der Waals surface area contributed by atoms with Crippen molar-refractivity contribution in [1.82, 2.24) is 10.2 Å². The van der Waals surface area contributed by atoms with Gasteiger partial charge in [-0.2, -0.15) is 18.3 Å². The molecule has 0 saturated heterocycles. The number of aromatic amines is 1. The zero-order valence-corrected chi connectivity index (χ0v) is 12.1. The number of carbonyl (C=O) groups is 1. The summed E-state index contributed by atoms with van der Waals surface area (Å²) in [5, 5.41) is 6.10. The SMILES string of the molecule is CC(C)(Cc1ccc(OC(=O)c2ccn[nH]2)cc1)C(F)(F)F. The Balaban J connectivity index is 2.03. The van der Waals surface area contributed by atoms with Crippen molar-refractivity contribution >= 4 is 5.97 Å². The number of nitrogens with zero attached hydrogens (tertiary/aromatic N) is 1. The van der Waals surface area contributed by atoms with Crippen LogP contribution in [0.4, 0.5) is 13.2 Å². The molecule has 118 valence electrons. The summed E-state index contributed by atoms with van der Waals surface area (Å²) in [6.07, 6.45) is -3.01. The Hall–Kier alpha value is -2.31. The molecule has 0 radical (unpaired) electrons. The number of aromatic nitrogens is 2. The summed E-state index contributed by atoms with van der Waals surface area (Å²) in [6, 6.07) is 7.43. The zero-order valence-electron chi connectivity index (χ0n) is 12.1. The number of rotatable bonds is 4. The molecule has 0 atom stereocenters. The van der Waals surface area contributed by atoms with Crippen LogP contribution in [0.1, 0.15) is 29.9 Å². The van der Waals surface area contributed by atoms with Crippen molar-refractivity contribution in [2.24, 2.45) is 5.41 Å². The number of hydrogen-bond donors (Lipinski definition) is 1. The third-order valence-electron chi connectivity index (χ3n) is 3.27. The van der Waals surface area contributed by atoms with Crippen LogP contribution in [0.3, 0.4) is 0 Å². The molecule has 2 aromatic rings. The van der Waals surface area contributed by atoms with Gasteiger partial charge >= 0.3 is 12.1 Å². The average Bonchev–Trinajstić information content (AvgIpc) is 2.93. The monoisotopic (exact) mass is 312 g/mol. The van der Waals surface area contributed by atoms with Crippen molar-refractivity contribution in [2.75, 3.05) is 0 Å². The summed E-state index contributed by atoms with van der Waals surface area (Å²) in [4.78, 5) is 11.7. The highest BCUT2D eigenvalue weighted by Gasteiger charge is 2.46. The topological polar surface area (TPSA) is 55.0 Å². The van der Waals surface area contributed by atoms with E-state index in [1.165, 1.54) is 36.5 Å². The quantitative estimate of drug-likeness (QED) is 0.691. The van der Waals surface area contributed by atoms with Gasteiger partial charge in [-0.25, -0.2) is 4.79 Å². The molecule has 0 bridgehead atoms. The molecule has 0 saturated carbocycles. The third-order valence-corrected chi connectivity index (χ3v) is 3.27. The predicted octanol–water partition coefficient (Wildman–Crippen LogP) is 3.76. The van der Waals surface area contributed by atoms with E-state index in [-0.39, 0.29) is 17.9 Å². The van der Waals surface area contributed by atoms with E-state index in [1.807, 2.05) is 0 Å². The van der Waals surface area contributed by atoms with Crippen LogP contribution in [-0.2, 0) is 6.42 Å². The third kappa shape index (κ3) is 3.66. The molecule has 1 N–H and O–H groups in total. The maximum atomic E-state index is 12.8. The smallest absolute Gasteiger partial charge is 0.394 e. The van der Waals surface area contributed by atoms with Crippen molar-refractivity contribution in [3.05, 3.63) is 47.8 Å². The number of alkyl halides is 3. The molecule has 1 aromatic heterocycles. The second kappa shape index (κ2) is 5.82. The van der Waals surface area contributed by atoms with Crippen LogP contribution in [0.2, 0.25) is 0 Å². The molecule has 1 aromatic carbocycles. The molecule has 7 heteroatoms. The Morgan fingerprint density at radius 1 is 1.18 bits per heavy atom. The van der Waals surface area contributed by atoms with Gasteiger partial charge in [0.25, 0.3) is 0 Å². The molecule has 1 heterocycles. The van der Waals surface area contributed by atoms with E-state index in [9.17, 15) is 18.0 Å². The first-order valence-electron chi connectivity index (χ1n) is 6.56. The molecule has 0 unspecified atom stereocenters. The number of H-pyrrole nitrogens is 1. The van der Waals surface area contributed by atoms with Crippen LogP contribution < -0.4 is 4.74 Å². The minimum Gasteiger partial charge on any atom is -0.422 e. The largest absolute Gasteiger partial charge is 0.422 e. The first kappa shape index (κ1) is 16.1. The van der Waals surface area contributed by atoms with E-state index in [2.05, 4.69) is 10.2 Å². The number of ether oxygens (including phenoxy) is 1. The second-order valence-corrected chi connectivity index (χ2v) is 5.56. The number of esters is 1. The fraction of sp³-hybridized carbons (Fsp3) is 0.333. The standard InChI is InChI=1S/C15H15F3N2O2/c1-14(2,15(16,17)18)9-10-3-5-11(6-4-10)22-13(21)12-7-8-19-20-12/h3-8H,9H2,1-2H3,(H,19,20). The fourth-order valence-corrected chi connectivity index (χ4v) is 1.82. The van der Waals surface area contributed by atoms with Crippen molar-refractivity contribution in [1.29, 1.82) is 0 Å². The van der Waals surface area contributed by atoms with E-state index in [0.29, 0.717) is 5.56 Å². The maximum absolute atomic E-state index is 12.8. The Morgan fingerprint density at radius 2 is 1.82 bits per heavy atom. The summed E-state index contributed by atoms with van der Waals surface area (Å²) in [5.74, 6) is -0.353. The minimum atomic E-state index is -4.28. The van der Waals surface area contributed by atoms with Gasteiger partial charge in [0.05, 0.1) is 5.41 Å². The minimum absolute atomic E-state index is 0.148. The Bertz CT molecular complexity index is 632. The van der Waals surface area contributed by atoms with E-state index in [1.54, 1.807) is 0 Å². The van der Waals surface area contributed by atoms with Crippen LogP contribution >= 0.6 is 0 Å². The molecule has 0 amide bonds. The highest BCUT2D eigenvalue weighted by Crippen LogP contribution is 2.40. The van der Waals surface area contributed by atoms with Crippen LogP contribution in [0, 0.1) is 5.41 Å². The molecule has 4 nitrogen and oxygen atoms in total. The lowest BCUT2D eigenvalue weighted by Gasteiger charge is -2.27. The summed E-state index contributed by atoms with van der Waals surface area (Å²) in [6.45, 7) is 2.30. The van der Waals surface area contributed by atoms with Gasteiger partial charge < -0.3 is 4.74 Å². The Kier molecular flexibility index (Phi) is 4.25. The Labute approximate surface area is 125 Å². The second-order valence-electron chi connectivity index (χ2n) is 5.56. The summed E-state index contributed by atoms with van der Waals surface area (Å²) < 4.78 is 43.6. The number of nitrogens with one attached hydrogen (secondary N) is 1. The number of hydrogen-bond acceptors (Lipinski definition) is 3. The molecule has 2 rings (SSSR count). The van der Waals surface area contributed by atoms with Crippen LogP contribution in [0.15, 0.2) is 36.5 Å². The summed E-state index contributed by atoms with van der Waals surface area (Å²) in [5.41, 5.74) is -1.10. The van der Waals surface area contributed by atoms with Crippen molar-refractivity contribution < 1.29 is 22.7 Å². The van der Waals surface area contributed by atoms with E-state index >= 15 is 0 Å². The lowest BCUT2D eigenvalue weighted by atomic mass is 9.85. The van der Waals surface area contributed by atoms with Crippen molar-refractivity contribution in [2.45, 2.75) is 26.4 Å². The highest BCUT2D eigenvalue weighted by atomic mass is 19.4. The van der Waals surface area contributed by atoms with Crippen LogP contribution in [0.25, 0.3) is 0 Å². The molecular formula is C15H15F3N2O2. The highest BCUT2D eigenvalue weighted by molar-refractivity contribution is 5.88. The van der Waals surface area contributed by atoms with Crippen molar-refractivity contribution in [3.63, 3.8) is 0 Å². The lowest BCUT2D eigenvalue weighted by Crippen LogP contribution is -2.34. The normalized spacial score (nSPS) is 12.2.